The number of carbonyl (C=O) groups is 1. The van der Waals surface area contributed by atoms with E-state index in [0.717, 1.165) is 32.1 Å². The van der Waals surface area contributed by atoms with Gasteiger partial charge in [-0.25, -0.2) is 0 Å². The third-order valence-corrected chi connectivity index (χ3v) is 3.38. The summed E-state index contributed by atoms with van der Waals surface area (Å²) in [4.78, 5) is 10.9. The second kappa shape index (κ2) is 5.35. The fraction of sp³-hybridized carbons (Fsp3) is 0.909. The van der Waals surface area contributed by atoms with E-state index in [0.29, 0.717) is 12.0 Å². The van der Waals surface area contributed by atoms with Crippen molar-refractivity contribution < 1.29 is 14.6 Å². The molecular formula is C11H20O3. The SMILES string of the molecule is CC[C@@H](C(=O)O)C1CCC(OC)CC1. The van der Waals surface area contributed by atoms with Gasteiger partial charge >= 0.3 is 5.97 Å². The topological polar surface area (TPSA) is 46.5 Å². The molecule has 14 heavy (non-hydrogen) atoms. The van der Waals surface area contributed by atoms with E-state index in [9.17, 15) is 4.79 Å². The van der Waals surface area contributed by atoms with Crippen molar-refractivity contribution in [2.75, 3.05) is 7.11 Å². The van der Waals surface area contributed by atoms with E-state index in [1.165, 1.54) is 0 Å². The zero-order chi connectivity index (χ0) is 10.6. The predicted octanol–water partition coefficient (Wildman–Crippen LogP) is 2.30. The average Bonchev–Trinajstić information content (AvgIpc) is 2.19. The van der Waals surface area contributed by atoms with Gasteiger partial charge < -0.3 is 9.84 Å². The van der Waals surface area contributed by atoms with Crippen molar-refractivity contribution in [3.05, 3.63) is 0 Å². The minimum Gasteiger partial charge on any atom is -0.481 e. The number of hydrogen-bond donors (Lipinski definition) is 1. The second-order valence-corrected chi connectivity index (χ2v) is 4.13. The fourth-order valence-corrected chi connectivity index (χ4v) is 2.44. The molecule has 1 atom stereocenters. The first-order valence-electron chi connectivity index (χ1n) is 5.44. The van der Waals surface area contributed by atoms with Gasteiger partial charge in [-0.05, 0) is 38.0 Å². The summed E-state index contributed by atoms with van der Waals surface area (Å²) in [6.07, 6.45) is 5.15. The van der Waals surface area contributed by atoms with E-state index in [4.69, 9.17) is 9.84 Å². The van der Waals surface area contributed by atoms with Crippen LogP contribution in [0.5, 0.6) is 0 Å². The molecule has 0 aromatic carbocycles. The van der Waals surface area contributed by atoms with Crippen molar-refractivity contribution >= 4 is 5.97 Å². The Labute approximate surface area is 85.5 Å². The highest BCUT2D eigenvalue weighted by atomic mass is 16.5. The number of carboxylic acids is 1. The Morgan fingerprint density at radius 1 is 1.43 bits per heavy atom. The Bertz CT molecular complexity index is 183. The highest BCUT2D eigenvalue weighted by molar-refractivity contribution is 5.70. The van der Waals surface area contributed by atoms with Crippen molar-refractivity contribution in [1.82, 2.24) is 0 Å². The van der Waals surface area contributed by atoms with Crippen molar-refractivity contribution in [2.45, 2.75) is 45.1 Å². The fourth-order valence-electron chi connectivity index (χ4n) is 2.44. The van der Waals surface area contributed by atoms with Crippen LogP contribution >= 0.6 is 0 Å². The van der Waals surface area contributed by atoms with Gasteiger partial charge in [0.1, 0.15) is 0 Å². The molecule has 1 fully saturated rings. The van der Waals surface area contributed by atoms with Crippen LogP contribution in [0.2, 0.25) is 0 Å². The summed E-state index contributed by atoms with van der Waals surface area (Å²) >= 11 is 0. The summed E-state index contributed by atoms with van der Waals surface area (Å²) in [6, 6.07) is 0. The number of aliphatic carboxylic acids is 1. The van der Waals surface area contributed by atoms with Gasteiger partial charge in [-0.1, -0.05) is 6.92 Å². The molecule has 1 saturated carbocycles. The van der Waals surface area contributed by atoms with Crippen LogP contribution in [0.1, 0.15) is 39.0 Å². The third-order valence-electron chi connectivity index (χ3n) is 3.38. The molecule has 1 N–H and O–H groups in total. The predicted molar refractivity (Wildman–Crippen MR) is 54.2 cm³/mol. The first-order valence-corrected chi connectivity index (χ1v) is 5.44. The lowest BCUT2D eigenvalue weighted by Crippen LogP contribution is -2.29. The van der Waals surface area contributed by atoms with Gasteiger partial charge in [-0.15, -0.1) is 0 Å². The van der Waals surface area contributed by atoms with Gasteiger partial charge in [0, 0.05) is 7.11 Å². The Balaban J connectivity index is 2.43. The van der Waals surface area contributed by atoms with Gasteiger partial charge in [0.15, 0.2) is 0 Å². The van der Waals surface area contributed by atoms with Gasteiger partial charge in [0.2, 0.25) is 0 Å². The standard InChI is InChI=1S/C11H20O3/c1-3-10(11(12)13)8-4-6-9(14-2)7-5-8/h8-10H,3-7H2,1-2H3,(H,12,13)/t8?,9?,10-/m1/s1. The highest BCUT2D eigenvalue weighted by Gasteiger charge is 2.30. The number of rotatable bonds is 4. The molecule has 0 spiro atoms. The van der Waals surface area contributed by atoms with Crippen molar-refractivity contribution in [2.24, 2.45) is 11.8 Å². The number of carboxylic acid groups (broad SMARTS) is 1. The molecule has 3 nitrogen and oxygen atoms in total. The van der Waals surface area contributed by atoms with E-state index in [1.54, 1.807) is 7.11 Å². The summed E-state index contributed by atoms with van der Waals surface area (Å²) in [5, 5.41) is 9.02. The Morgan fingerprint density at radius 2 is 2.00 bits per heavy atom. The Kier molecular flexibility index (Phi) is 4.39. The van der Waals surface area contributed by atoms with E-state index in [-0.39, 0.29) is 5.92 Å². The maximum Gasteiger partial charge on any atom is 0.306 e. The molecule has 3 heteroatoms. The smallest absolute Gasteiger partial charge is 0.306 e. The lowest BCUT2D eigenvalue weighted by Gasteiger charge is -2.30. The van der Waals surface area contributed by atoms with Crippen LogP contribution in [-0.4, -0.2) is 24.3 Å². The first-order chi connectivity index (χ1) is 6.69. The normalized spacial score (nSPS) is 29.9. The zero-order valence-corrected chi connectivity index (χ0v) is 9.03. The van der Waals surface area contributed by atoms with E-state index >= 15 is 0 Å². The number of hydrogen-bond acceptors (Lipinski definition) is 2. The summed E-state index contributed by atoms with van der Waals surface area (Å²) in [6.45, 7) is 1.96. The summed E-state index contributed by atoms with van der Waals surface area (Å²) in [5.74, 6) is -0.412. The largest absolute Gasteiger partial charge is 0.481 e. The molecule has 0 heterocycles. The molecule has 0 aromatic heterocycles. The molecule has 0 radical (unpaired) electrons. The molecule has 0 aliphatic heterocycles. The molecular weight excluding hydrogens is 180 g/mol. The molecule has 1 aliphatic carbocycles. The highest BCUT2D eigenvalue weighted by Crippen LogP contribution is 2.32. The molecule has 0 bridgehead atoms. The monoisotopic (exact) mass is 200 g/mol. The second-order valence-electron chi connectivity index (χ2n) is 4.13. The lowest BCUT2D eigenvalue weighted by atomic mass is 9.78. The van der Waals surface area contributed by atoms with E-state index in [1.807, 2.05) is 6.92 Å². The van der Waals surface area contributed by atoms with Crippen LogP contribution in [0.3, 0.4) is 0 Å². The lowest BCUT2D eigenvalue weighted by molar-refractivity contribution is -0.144. The maximum absolute atomic E-state index is 10.9. The molecule has 1 aliphatic rings. The van der Waals surface area contributed by atoms with E-state index < -0.39 is 5.97 Å². The summed E-state index contributed by atoms with van der Waals surface area (Å²) in [5.41, 5.74) is 0. The summed E-state index contributed by atoms with van der Waals surface area (Å²) < 4.78 is 5.27. The molecule has 0 aromatic rings. The van der Waals surface area contributed by atoms with Crippen LogP contribution in [0.25, 0.3) is 0 Å². The number of ether oxygens (including phenoxy) is 1. The Morgan fingerprint density at radius 3 is 2.36 bits per heavy atom. The first kappa shape index (κ1) is 11.5. The van der Waals surface area contributed by atoms with Crippen LogP contribution in [0, 0.1) is 11.8 Å². The van der Waals surface area contributed by atoms with Crippen molar-refractivity contribution in [3.63, 3.8) is 0 Å². The molecule has 0 saturated heterocycles. The van der Waals surface area contributed by atoms with Crippen molar-refractivity contribution in [1.29, 1.82) is 0 Å². The zero-order valence-electron chi connectivity index (χ0n) is 9.03. The minimum atomic E-state index is -0.631. The van der Waals surface area contributed by atoms with Gasteiger partial charge in [0.25, 0.3) is 0 Å². The van der Waals surface area contributed by atoms with Gasteiger partial charge in [-0.3, -0.25) is 4.79 Å². The van der Waals surface area contributed by atoms with Gasteiger partial charge in [0.05, 0.1) is 12.0 Å². The van der Waals surface area contributed by atoms with E-state index in [2.05, 4.69) is 0 Å². The number of methoxy groups -OCH3 is 1. The average molecular weight is 200 g/mol. The molecule has 82 valence electrons. The molecule has 0 amide bonds. The van der Waals surface area contributed by atoms with Crippen LogP contribution < -0.4 is 0 Å². The van der Waals surface area contributed by atoms with Crippen LogP contribution in [-0.2, 0) is 9.53 Å². The maximum atomic E-state index is 10.9. The van der Waals surface area contributed by atoms with Crippen LogP contribution in [0.4, 0.5) is 0 Å². The Hall–Kier alpha value is -0.570. The third kappa shape index (κ3) is 2.71. The van der Waals surface area contributed by atoms with Crippen LogP contribution in [0.15, 0.2) is 0 Å². The van der Waals surface area contributed by atoms with Crippen molar-refractivity contribution in [3.8, 4) is 0 Å². The minimum absolute atomic E-state index is 0.146. The molecule has 0 unspecified atom stereocenters. The quantitative estimate of drug-likeness (QED) is 0.757. The van der Waals surface area contributed by atoms with Gasteiger partial charge in [-0.2, -0.15) is 0 Å². The molecule has 1 rings (SSSR count). The summed E-state index contributed by atoms with van der Waals surface area (Å²) in [7, 11) is 1.74.